The molecule has 3 aromatic carbocycles. The Hall–Kier alpha value is -3.68. The third-order valence-electron chi connectivity index (χ3n) is 7.07. The first-order valence-corrected chi connectivity index (χ1v) is 13.3. The lowest BCUT2D eigenvalue weighted by atomic mass is 9.83. The van der Waals surface area contributed by atoms with E-state index < -0.39 is 0 Å². The highest BCUT2D eigenvalue weighted by Gasteiger charge is 2.32. The second-order valence-electron chi connectivity index (χ2n) is 10.2. The summed E-state index contributed by atoms with van der Waals surface area (Å²) in [6, 6.07) is 18.7. The molecule has 4 aromatic rings. The van der Waals surface area contributed by atoms with Crippen molar-refractivity contribution < 1.29 is 9.59 Å². The molecule has 2 N–H and O–H groups in total. The van der Waals surface area contributed by atoms with Crippen LogP contribution in [0.3, 0.4) is 0 Å². The minimum atomic E-state index is -0.285. The Balaban J connectivity index is 1.25. The van der Waals surface area contributed by atoms with Gasteiger partial charge in [-0.1, -0.05) is 36.6 Å². The van der Waals surface area contributed by atoms with Crippen molar-refractivity contribution in [3.63, 3.8) is 0 Å². The van der Waals surface area contributed by atoms with Crippen LogP contribution in [0, 0.1) is 5.92 Å². The minimum absolute atomic E-state index is 0.0631. The van der Waals surface area contributed by atoms with Crippen LogP contribution in [0.5, 0.6) is 0 Å². The number of aromatic nitrogens is 2. The molecule has 196 valence electrons. The van der Waals surface area contributed by atoms with E-state index in [1.54, 1.807) is 12.3 Å². The Bertz CT molecular complexity index is 1450. The molecule has 0 aliphatic heterocycles. The van der Waals surface area contributed by atoms with Gasteiger partial charge < -0.3 is 20.1 Å². The molecule has 0 saturated heterocycles. The van der Waals surface area contributed by atoms with E-state index in [9.17, 15) is 9.59 Å². The number of fused-ring (bicyclic) bond motifs is 1. The molecule has 38 heavy (non-hydrogen) atoms. The maximum Gasteiger partial charge on any atom is 0.251 e. The van der Waals surface area contributed by atoms with Crippen LogP contribution in [0.1, 0.15) is 41.9 Å². The zero-order chi connectivity index (χ0) is 26.6. The van der Waals surface area contributed by atoms with Crippen molar-refractivity contribution in [2.75, 3.05) is 19.4 Å². The molecule has 1 aliphatic carbocycles. The average Bonchev–Trinajstić information content (AvgIpc) is 3.36. The SMILES string of the molecule is CN(C)Cc1nccn1-c1ccc(NC(=O)[C@H]2CCCC[C@H]2NC(=O)c2ccc3cc(Cl)ccc3c2)cc1. The summed E-state index contributed by atoms with van der Waals surface area (Å²) in [7, 11) is 4.02. The van der Waals surface area contributed by atoms with Crippen LogP contribution in [0.2, 0.25) is 5.02 Å². The van der Waals surface area contributed by atoms with Gasteiger partial charge >= 0.3 is 0 Å². The second-order valence-corrected chi connectivity index (χ2v) is 10.6. The van der Waals surface area contributed by atoms with Gasteiger partial charge in [-0.2, -0.15) is 0 Å². The average molecular weight is 530 g/mol. The topological polar surface area (TPSA) is 79.3 Å². The fraction of sp³-hybridized carbons (Fsp3) is 0.300. The molecule has 2 atom stereocenters. The Morgan fingerprint density at radius 3 is 2.53 bits per heavy atom. The van der Waals surface area contributed by atoms with Gasteiger partial charge in [0.15, 0.2) is 0 Å². The maximum absolute atomic E-state index is 13.3. The molecule has 7 nitrogen and oxygen atoms in total. The number of carbonyl (C=O) groups is 2. The zero-order valence-electron chi connectivity index (χ0n) is 21.7. The molecular weight excluding hydrogens is 498 g/mol. The number of halogens is 1. The molecular formula is C30H32ClN5O2. The van der Waals surface area contributed by atoms with Gasteiger partial charge in [0, 0.05) is 40.4 Å². The lowest BCUT2D eigenvalue weighted by Crippen LogP contribution is -2.46. The summed E-state index contributed by atoms with van der Waals surface area (Å²) in [4.78, 5) is 32.9. The van der Waals surface area contributed by atoms with Crippen LogP contribution in [-0.2, 0) is 11.3 Å². The molecule has 0 radical (unpaired) electrons. The fourth-order valence-corrected chi connectivity index (χ4v) is 5.32. The number of nitrogens with one attached hydrogen (secondary N) is 2. The minimum Gasteiger partial charge on any atom is -0.349 e. The standard InChI is InChI=1S/C30H32ClN5O2/c1-35(2)19-28-32-15-16-36(28)25-13-11-24(12-14-25)33-30(38)26-5-3-4-6-27(26)34-29(37)22-8-7-21-18-23(31)10-9-20(21)17-22/h7-18,26-27H,3-6,19H2,1-2H3,(H,33,38)(H,34,37)/t26-,27+/m0/s1. The molecule has 0 unspecified atom stereocenters. The van der Waals surface area contributed by atoms with Crippen molar-refractivity contribution >= 4 is 39.9 Å². The first kappa shape index (κ1) is 25.9. The molecule has 1 heterocycles. The number of nitrogens with zero attached hydrogens (tertiary/aromatic N) is 3. The lowest BCUT2D eigenvalue weighted by Gasteiger charge is -2.31. The van der Waals surface area contributed by atoms with E-state index >= 15 is 0 Å². The van der Waals surface area contributed by atoms with Crippen molar-refractivity contribution in [1.82, 2.24) is 19.8 Å². The van der Waals surface area contributed by atoms with Crippen LogP contribution >= 0.6 is 11.6 Å². The number of benzene rings is 3. The molecule has 1 fully saturated rings. The van der Waals surface area contributed by atoms with Crippen molar-refractivity contribution in [2.24, 2.45) is 5.92 Å². The molecule has 1 saturated carbocycles. The highest BCUT2D eigenvalue weighted by atomic mass is 35.5. The quantitative estimate of drug-likeness (QED) is 0.323. The number of rotatable bonds is 7. The largest absolute Gasteiger partial charge is 0.349 e. The second kappa shape index (κ2) is 11.4. The van der Waals surface area contributed by atoms with Gasteiger partial charge in [0.2, 0.25) is 5.91 Å². The van der Waals surface area contributed by atoms with Crippen molar-refractivity contribution in [3.8, 4) is 5.69 Å². The van der Waals surface area contributed by atoms with Gasteiger partial charge in [0.25, 0.3) is 5.91 Å². The summed E-state index contributed by atoms with van der Waals surface area (Å²) in [6.07, 6.45) is 7.20. The Morgan fingerprint density at radius 1 is 1.00 bits per heavy atom. The fourth-order valence-electron chi connectivity index (χ4n) is 5.14. The number of carbonyl (C=O) groups excluding carboxylic acids is 2. The van der Waals surface area contributed by atoms with Crippen molar-refractivity contribution in [3.05, 3.63) is 89.5 Å². The monoisotopic (exact) mass is 529 g/mol. The van der Waals surface area contributed by atoms with Gasteiger partial charge in [-0.05, 0) is 86.2 Å². The number of hydrogen-bond acceptors (Lipinski definition) is 4. The molecule has 5 rings (SSSR count). The molecule has 2 amide bonds. The van der Waals surface area contributed by atoms with Crippen LogP contribution < -0.4 is 10.6 Å². The van der Waals surface area contributed by atoms with E-state index in [1.807, 2.05) is 79.5 Å². The van der Waals surface area contributed by atoms with Crippen LogP contribution in [0.25, 0.3) is 16.5 Å². The van der Waals surface area contributed by atoms with Gasteiger partial charge in [0.1, 0.15) is 5.82 Å². The van der Waals surface area contributed by atoms with E-state index in [0.29, 0.717) is 10.6 Å². The molecule has 8 heteroatoms. The third kappa shape index (κ3) is 5.90. The highest BCUT2D eigenvalue weighted by molar-refractivity contribution is 6.31. The van der Waals surface area contributed by atoms with E-state index in [1.165, 1.54) is 0 Å². The molecule has 1 aliphatic rings. The summed E-state index contributed by atoms with van der Waals surface area (Å²) in [5, 5.41) is 8.80. The van der Waals surface area contributed by atoms with Crippen molar-refractivity contribution in [2.45, 2.75) is 38.3 Å². The predicted molar refractivity (Wildman–Crippen MR) is 152 cm³/mol. The van der Waals surface area contributed by atoms with E-state index in [0.717, 1.165) is 60.2 Å². The molecule has 0 bridgehead atoms. The number of hydrogen-bond donors (Lipinski definition) is 2. The first-order chi connectivity index (χ1) is 18.4. The van der Waals surface area contributed by atoms with Crippen molar-refractivity contribution in [1.29, 1.82) is 0 Å². The maximum atomic E-state index is 13.3. The summed E-state index contributed by atoms with van der Waals surface area (Å²) >= 11 is 6.08. The Morgan fingerprint density at radius 2 is 1.74 bits per heavy atom. The zero-order valence-corrected chi connectivity index (χ0v) is 22.4. The number of anilines is 1. The van der Waals surface area contributed by atoms with Gasteiger partial charge in [-0.3, -0.25) is 9.59 Å². The van der Waals surface area contributed by atoms with Crippen LogP contribution in [0.4, 0.5) is 5.69 Å². The first-order valence-electron chi connectivity index (χ1n) is 13.0. The number of amides is 2. The summed E-state index contributed by atoms with van der Waals surface area (Å²) in [5.41, 5.74) is 2.29. The van der Waals surface area contributed by atoms with E-state index in [-0.39, 0.29) is 23.8 Å². The van der Waals surface area contributed by atoms with Crippen LogP contribution in [-0.4, -0.2) is 46.4 Å². The summed E-state index contributed by atoms with van der Waals surface area (Å²) in [5.74, 6) is 0.436. The smallest absolute Gasteiger partial charge is 0.251 e. The van der Waals surface area contributed by atoms with Gasteiger partial charge in [-0.25, -0.2) is 4.98 Å². The lowest BCUT2D eigenvalue weighted by molar-refractivity contribution is -0.121. The van der Waals surface area contributed by atoms with E-state index in [4.69, 9.17) is 11.6 Å². The normalized spacial score (nSPS) is 17.5. The van der Waals surface area contributed by atoms with E-state index in [2.05, 4.69) is 20.5 Å². The van der Waals surface area contributed by atoms with Gasteiger partial charge in [0.05, 0.1) is 12.5 Å². The summed E-state index contributed by atoms with van der Waals surface area (Å²) in [6.45, 7) is 0.730. The van der Waals surface area contributed by atoms with Crippen LogP contribution in [0.15, 0.2) is 73.1 Å². The predicted octanol–water partition coefficient (Wildman–Crippen LogP) is 5.67. The van der Waals surface area contributed by atoms with Gasteiger partial charge in [-0.15, -0.1) is 0 Å². The third-order valence-corrected chi connectivity index (χ3v) is 7.31. The Labute approximate surface area is 227 Å². The number of imidazole rings is 1. The molecule has 0 spiro atoms. The molecule has 1 aromatic heterocycles. The highest BCUT2D eigenvalue weighted by Crippen LogP contribution is 2.27. The summed E-state index contributed by atoms with van der Waals surface area (Å²) < 4.78 is 2.04. The Kier molecular flexibility index (Phi) is 7.77.